The third-order valence-electron chi connectivity index (χ3n) is 2.73. The highest BCUT2D eigenvalue weighted by Crippen LogP contribution is 2.17. The summed E-state index contributed by atoms with van der Waals surface area (Å²) in [4.78, 5) is 4.49. The van der Waals surface area contributed by atoms with Crippen LogP contribution in [-0.4, -0.2) is 24.2 Å². The van der Waals surface area contributed by atoms with Gasteiger partial charge in [0, 0.05) is 24.1 Å². The summed E-state index contributed by atoms with van der Waals surface area (Å²) in [6.07, 6.45) is 2.38. The number of aryl methyl sites for hydroxylation is 1. The van der Waals surface area contributed by atoms with Gasteiger partial charge in [0.25, 0.3) is 0 Å². The Morgan fingerprint density at radius 1 is 1.67 bits per heavy atom. The Hall–Kier alpha value is -0.450. The summed E-state index contributed by atoms with van der Waals surface area (Å²) < 4.78 is 5.44. The van der Waals surface area contributed by atoms with Gasteiger partial charge >= 0.3 is 0 Å². The summed E-state index contributed by atoms with van der Waals surface area (Å²) in [6.45, 7) is 5.98. The smallest absolute Gasteiger partial charge is 0.0898 e. The Kier molecular flexibility index (Phi) is 3.72. The van der Waals surface area contributed by atoms with Crippen LogP contribution in [-0.2, 0) is 4.74 Å². The Bertz CT molecular complexity index is 307. The molecule has 1 aliphatic heterocycles. The fourth-order valence-electron chi connectivity index (χ4n) is 1.89. The lowest BCUT2D eigenvalue weighted by atomic mass is 10.1. The molecule has 0 amide bonds. The van der Waals surface area contributed by atoms with Crippen LogP contribution >= 0.6 is 11.3 Å². The average molecular weight is 226 g/mol. The Morgan fingerprint density at radius 2 is 2.53 bits per heavy atom. The lowest BCUT2D eigenvalue weighted by Gasteiger charge is -2.26. The molecular formula is C11H18N2OS. The van der Waals surface area contributed by atoms with Crippen molar-refractivity contribution in [3.05, 3.63) is 16.1 Å². The van der Waals surface area contributed by atoms with Gasteiger partial charge in [-0.1, -0.05) is 0 Å². The predicted molar refractivity (Wildman–Crippen MR) is 62.2 cm³/mol. The highest BCUT2D eigenvalue weighted by atomic mass is 32.1. The summed E-state index contributed by atoms with van der Waals surface area (Å²) in [5.74, 6) is 0. The summed E-state index contributed by atoms with van der Waals surface area (Å²) in [7, 11) is 0. The highest BCUT2D eigenvalue weighted by molar-refractivity contribution is 7.09. The number of thiazole rings is 1. The van der Waals surface area contributed by atoms with Gasteiger partial charge in [0.15, 0.2) is 0 Å². The molecule has 1 N–H and O–H groups in total. The van der Waals surface area contributed by atoms with Crippen molar-refractivity contribution in [2.24, 2.45) is 0 Å². The van der Waals surface area contributed by atoms with Crippen LogP contribution in [0.25, 0.3) is 0 Å². The van der Waals surface area contributed by atoms with E-state index >= 15 is 0 Å². The third kappa shape index (κ3) is 3.00. The molecule has 2 unspecified atom stereocenters. The number of nitrogens with one attached hydrogen (secondary N) is 1. The van der Waals surface area contributed by atoms with Gasteiger partial charge in [0.2, 0.25) is 0 Å². The number of nitrogens with zero attached hydrogens (tertiary/aromatic N) is 1. The molecule has 0 aromatic carbocycles. The van der Waals surface area contributed by atoms with E-state index in [1.807, 2.05) is 6.92 Å². The van der Waals surface area contributed by atoms with Crippen LogP contribution in [0.4, 0.5) is 0 Å². The van der Waals surface area contributed by atoms with E-state index in [-0.39, 0.29) is 0 Å². The molecule has 1 aliphatic rings. The molecule has 2 rings (SSSR count). The first-order chi connectivity index (χ1) is 7.25. The minimum atomic E-state index is 0.335. The number of ether oxygens (including phenoxy) is 1. The van der Waals surface area contributed by atoms with E-state index in [2.05, 4.69) is 22.6 Å². The van der Waals surface area contributed by atoms with Crippen LogP contribution < -0.4 is 5.32 Å². The molecule has 0 saturated carbocycles. The van der Waals surface area contributed by atoms with Crippen molar-refractivity contribution in [3.8, 4) is 0 Å². The second-order valence-corrected chi connectivity index (χ2v) is 5.16. The molecule has 1 fully saturated rings. The molecule has 1 aromatic heterocycles. The van der Waals surface area contributed by atoms with Gasteiger partial charge in [-0.3, -0.25) is 0 Å². The predicted octanol–water partition coefficient (Wildman–Crippen LogP) is 2.28. The van der Waals surface area contributed by atoms with E-state index in [1.54, 1.807) is 11.3 Å². The van der Waals surface area contributed by atoms with Crippen molar-refractivity contribution in [2.75, 3.05) is 13.2 Å². The van der Waals surface area contributed by atoms with Crippen LogP contribution in [0.15, 0.2) is 5.38 Å². The van der Waals surface area contributed by atoms with Gasteiger partial charge in [-0.25, -0.2) is 4.98 Å². The standard InChI is InChI=1S/C11H18N2OS/c1-8(11-7-15-9(2)13-11)12-10-4-3-5-14-6-10/h7-8,10,12H,3-6H2,1-2H3. The molecule has 0 spiro atoms. The molecule has 84 valence electrons. The second-order valence-electron chi connectivity index (χ2n) is 4.09. The Balaban J connectivity index is 1.88. The monoisotopic (exact) mass is 226 g/mol. The van der Waals surface area contributed by atoms with Crippen molar-refractivity contribution in [2.45, 2.75) is 38.8 Å². The van der Waals surface area contributed by atoms with Crippen LogP contribution in [0, 0.1) is 6.92 Å². The maximum Gasteiger partial charge on any atom is 0.0898 e. The van der Waals surface area contributed by atoms with Gasteiger partial charge in [0.05, 0.1) is 17.3 Å². The fourth-order valence-corrected chi connectivity index (χ4v) is 2.60. The normalized spacial score (nSPS) is 24.0. The summed E-state index contributed by atoms with van der Waals surface area (Å²) in [6, 6.07) is 0.831. The van der Waals surface area contributed by atoms with Crippen molar-refractivity contribution in [1.29, 1.82) is 0 Å². The minimum absolute atomic E-state index is 0.335. The van der Waals surface area contributed by atoms with Crippen LogP contribution in [0.5, 0.6) is 0 Å². The molecule has 15 heavy (non-hydrogen) atoms. The lowest BCUT2D eigenvalue weighted by Crippen LogP contribution is -2.38. The number of aromatic nitrogens is 1. The van der Waals surface area contributed by atoms with Crippen LogP contribution in [0.3, 0.4) is 0 Å². The number of hydrogen-bond acceptors (Lipinski definition) is 4. The van der Waals surface area contributed by atoms with Gasteiger partial charge in [-0.05, 0) is 26.7 Å². The van der Waals surface area contributed by atoms with E-state index in [1.165, 1.54) is 12.8 Å². The molecule has 2 heterocycles. The molecular weight excluding hydrogens is 208 g/mol. The largest absolute Gasteiger partial charge is 0.380 e. The summed E-state index contributed by atoms with van der Waals surface area (Å²) >= 11 is 1.71. The van der Waals surface area contributed by atoms with E-state index < -0.39 is 0 Å². The molecule has 0 radical (unpaired) electrons. The van der Waals surface area contributed by atoms with Crippen molar-refractivity contribution < 1.29 is 4.74 Å². The van der Waals surface area contributed by atoms with Crippen LogP contribution in [0.2, 0.25) is 0 Å². The topological polar surface area (TPSA) is 34.2 Å². The zero-order valence-corrected chi connectivity index (χ0v) is 10.1. The highest BCUT2D eigenvalue weighted by Gasteiger charge is 2.17. The molecule has 1 aromatic rings. The maximum atomic E-state index is 5.44. The van der Waals surface area contributed by atoms with Gasteiger partial charge < -0.3 is 10.1 Å². The van der Waals surface area contributed by atoms with E-state index in [0.29, 0.717) is 12.1 Å². The first kappa shape index (κ1) is 11.0. The van der Waals surface area contributed by atoms with Crippen molar-refractivity contribution >= 4 is 11.3 Å². The van der Waals surface area contributed by atoms with E-state index in [9.17, 15) is 0 Å². The lowest BCUT2D eigenvalue weighted by molar-refractivity contribution is 0.0669. The minimum Gasteiger partial charge on any atom is -0.380 e. The van der Waals surface area contributed by atoms with Crippen molar-refractivity contribution in [3.63, 3.8) is 0 Å². The SMILES string of the molecule is Cc1nc(C(C)NC2CCCOC2)cs1. The molecule has 3 nitrogen and oxygen atoms in total. The molecule has 4 heteroatoms. The summed E-state index contributed by atoms with van der Waals surface area (Å²) in [5.41, 5.74) is 1.16. The van der Waals surface area contributed by atoms with E-state index in [4.69, 9.17) is 4.74 Å². The third-order valence-corrected chi connectivity index (χ3v) is 3.52. The molecule has 0 bridgehead atoms. The summed E-state index contributed by atoms with van der Waals surface area (Å²) in [5, 5.41) is 6.84. The zero-order chi connectivity index (χ0) is 10.7. The first-order valence-electron chi connectivity index (χ1n) is 5.51. The maximum absolute atomic E-state index is 5.44. The first-order valence-corrected chi connectivity index (χ1v) is 6.39. The number of rotatable bonds is 3. The van der Waals surface area contributed by atoms with Crippen LogP contribution in [0.1, 0.15) is 36.5 Å². The quantitative estimate of drug-likeness (QED) is 0.858. The molecule has 1 saturated heterocycles. The fraction of sp³-hybridized carbons (Fsp3) is 0.727. The van der Waals surface area contributed by atoms with Gasteiger partial charge in [0.1, 0.15) is 0 Å². The number of hydrogen-bond donors (Lipinski definition) is 1. The van der Waals surface area contributed by atoms with Gasteiger partial charge in [-0.15, -0.1) is 11.3 Å². The van der Waals surface area contributed by atoms with E-state index in [0.717, 1.165) is 23.9 Å². The molecule has 2 atom stereocenters. The average Bonchev–Trinajstić information content (AvgIpc) is 2.66. The Labute approximate surface area is 94.9 Å². The van der Waals surface area contributed by atoms with Gasteiger partial charge in [-0.2, -0.15) is 0 Å². The Morgan fingerprint density at radius 3 is 3.13 bits per heavy atom. The van der Waals surface area contributed by atoms with Crippen molar-refractivity contribution in [1.82, 2.24) is 10.3 Å². The zero-order valence-electron chi connectivity index (χ0n) is 9.32. The second kappa shape index (κ2) is 5.05. The molecule has 0 aliphatic carbocycles.